The molecular formula is C32H40F6. The number of hydrogen-bond acceptors (Lipinski definition) is 0. The molecule has 4 rings (SSSR count). The van der Waals surface area contributed by atoms with E-state index in [4.69, 9.17) is 0 Å². The number of halogens is 6. The van der Waals surface area contributed by atoms with Gasteiger partial charge in [0.05, 0.1) is 0 Å². The summed E-state index contributed by atoms with van der Waals surface area (Å²) < 4.78 is 74.7. The van der Waals surface area contributed by atoms with Gasteiger partial charge < -0.3 is 0 Å². The van der Waals surface area contributed by atoms with Crippen molar-refractivity contribution in [2.75, 3.05) is 0 Å². The van der Waals surface area contributed by atoms with Crippen LogP contribution in [0.15, 0.2) is 84.9 Å². The van der Waals surface area contributed by atoms with Crippen LogP contribution in [0.1, 0.15) is 51.4 Å². The van der Waals surface area contributed by atoms with E-state index < -0.39 is 34.9 Å². The zero-order valence-electron chi connectivity index (χ0n) is 23.4. The van der Waals surface area contributed by atoms with Gasteiger partial charge in [0.2, 0.25) is 0 Å². The van der Waals surface area contributed by atoms with Crippen LogP contribution >= 0.6 is 0 Å². The van der Waals surface area contributed by atoms with Gasteiger partial charge in [0.1, 0.15) is 34.9 Å². The van der Waals surface area contributed by atoms with Crippen molar-refractivity contribution in [2.45, 2.75) is 55.4 Å². The minimum Gasteiger partial charge on any atom is -0.207 e. The molecule has 0 radical (unpaired) electrons. The molecule has 0 aliphatic rings. The second-order valence-corrected chi connectivity index (χ2v) is 7.21. The van der Waals surface area contributed by atoms with Crippen LogP contribution in [0.25, 0.3) is 0 Å². The molecular weight excluding hydrogens is 498 g/mol. The summed E-state index contributed by atoms with van der Waals surface area (Å²) in [5.74, 6) is -5.07. The Morgan fingerprint density at radius 2 is 0.605 bits per heavy atom. The number of benzene rings is 4. The zero-order valence-corrected chi connectivity index (χ0v) is 23.4. The van der Waals surface area contributed by atoms with Crippen molar-refractivity contribution >= 4 is 0 Å². The summed E-state index contributed by atoms with van der Waals surface area (Å²) in [5, 5.41) is 0. The topological polar surface area (TPSA) is 0 Å². The zero-order chi connectivity index (χ0) is 29.7. The first-order chi connectivity index (χ1) is 18.0. The van der Waals surface area contributed by atoms with Crippen molar-refractivity contribution in [2.24, 2.45) is 0 Å². The molecule has 0 saturated heterocycles. The SMILES string of the molecule is CC.CC.Cc1c(F)c(C)c(F)c(C)c1F.Cc1ccccc1.Fc1cc(F)cc(F)c1.[HH].c1ccccc1. The third-order valence-electron chi connectivity index (χ3n) is 4.41. The smallest absolute Gasteiger partial charge is 0.134 e. The van der Waals surface area contributed by atoms with E-state index in [2.05, 4.69) is 19.1 Å². The summed E-state index contributed by atoms with van der Waals surface area (Å²) in [4.78, 5) is 0. The molecule has 4 aromatic rings. The fraction of sp³-hybridized carbons (Fsp3) is 0.250. The van der Waals surface area contributed by atoms with Gasteiger partial charge in [-0.1, -0.05) is 100.0 Å². The highest BCUT2D eigenvalue weighted by atomic mass is 19.2. The van der Waals surface area contributed by atoms with Gasteiger partial charge in [0.15, 0.2) is 0 Å². The van der Waals surface area contributed by atoms with E-state index in [-0.39, 0.29) is 18.1 Å². The molecule has 210 valence electrons. The van der Waals surface area contributed by atoms with Gasteiger partial charge in [-0.15, -0.1) is 0 Å². The summed E-state index contributed by atoms with van der Waals surface area (Å²) in [6.45, 7) is 14.0. The normalized spacial score (nSPS) is 8.79. The maximum Gasteiger partial charge on any atom is 0.134 e. The third-order valence-corrected chi connectivity index (χ3v) is 4.41. The van der Waals surface area contributed by atoms with Crippen molar-refractivity contribution in [3.63, 3.8) is 0 Å². The highest BCUT2D eigenvalue weighted by Gasteiger charge is 2.16. The molecule has 0 atom stereocenters. The van der Waals surface area contributed by atoms with Crippen LogP contribution in [0.2, 0.25) is 0 Å². The van der Waals surface area contributed by atoms with E-state index in [0.29, 0.717) is 18.2 Å². The second kappa shape index (κ2) is 21.5. The fourth-order valence-corrected chi connectivity index (χ4v) is 2.57. The van der Waals surface area contributed by atoms with Crippen LogP contribution in [0, 0.1) is 62.6 Å². The largest absolute Gasteiger partial charge is 0.207 e. The molecule has 38 heavy (non-hydrogen) atoms. The lowest BCUT2D eigenvalue weighted by atomic mass is 10.1. The Kier molecular flexibility index (Phi) is 20.8. The third kappa shape index (κ3) is 14.9. The Morgan fingerprint density at radius 1 is 0.395 bits per heavy atom. The fourth-order valence-electron chi connectivity index (χ4n) is 2.57. The van der Waals surface area contributed by atoms with Gasteiger partial charge in [-0.05, 0) is 27.7 Å². The quantitative estimate of drug-likeness (QED) is 0.195. The van der Waals surface area contributed by atoms with E-state index in [0.717, 1.165) is 0 Å². The van der Waals surface area contributed by atoms with Gasteiger partial charge in [-0.2, -0.15) is 0 Å². The molecule has 0 bridgehead atoms. The van der Waals surface area contributed by atoms with Crippen LogP contribution in [0.3, 0.4) is 0 Å². The lowest BCUT2D eigenvalue weighted by Gasteiger charge is -2.07. The van der Waals surface area contributed by atoms with Crippen molar-refractivity contribution in [1.29, 1.82) is 0 Å². The Balaban J connectivity index is -0.000000432. The molecule has 0 nitrogen and oxygen atoms in total. The Morgan fingerprint density at radius 3 is 0.789 bits per heavy atom. The van der Waals surface area contributed by atoms with E-state index in [1.807, 2.05) is 82.3 Å². The van der Waals surface area contributed by atoms with E-state index in [1.165, 1.54) is 26.3 Å². The minimum absolute atomic E-state index is 0. The van der Waals surface area contributed by atoms with E-state index >= 15 is 0 Å². The molecule has 6 heteroatoms. The average Bonchev–Trinajstić information content (AvgIpc) is 2.94. The van der Waals surface area contributed by atoms with E-state index in [9.17, 15) is 26.3 Å². The monoisotopic (exact) mass is 538 g/mol. The predicted octanol–water partition coefficient (Wildman–Crippen LogP) is 11.1. The van der Waals surface area contributed by atoms with Gasteiger partial charge in [-0.25, -0.2) is 26.3 Å². The molecule has 0 aromatic heterocycles. The molecule has 0 unspecified atom stereocenters. The summed E-state index contributed by atoms with van der Waals surface area (Å²) in [6, 6.07) is 24.1. The van der Waals surface area contributed by atoms with Crippen LogP contribution < -0.4 is 0 Å². The molecule has 0 saturated carbocycles. The lowest BCUT2D eigenvalue weighted by molar-refractivity contribution is 0.512. The van der Waals surface area contributed by atoms with Crippen LogP contribution in [-0.2, 0) is 0 Å². The first-order valence-corrected chi connectivity index (χ1v) is 12.3. The van der Waals surface area contributed by atoms with Crippen LogP contribution in [-0.4, -0.2) is 0 Å². The number of hydrogen-bond donors (Lipinski definition) is 0. The number of rotatable bonds is 0. The maximum atomic E-state index is 13.0. The molecule has 0 fully saturated rings. The first-order valence-electron chi connectivity index (χ1n) is 12.3. The van der Waals surface area contributed by atoms with Gasteiger partial charge in [0.25, 0.3) is 0 Å². The molecule has 0 aliphatic carbocycles. The Bertz CT molecular complexity index is 968. The maximum absolute atomic E-state index is 13.0. The highest BCUT2D eigenvalue weighted by Crippen LogP contribution is 2.22. The number of aryl methyl sites for hydroxylation is 1. The molecule has 0 spiro atoms. The summed E-state index contributed by atoms with van der Waals surface area (Å²) in [7, 11) is 0. The molecule has 0 N–H and O–H groups in total. The minimum atomic E-state index is -0.896. The Hall–Kier alpha value is -3.54. The van der Waals surface area contributed by atoms with Crippen LogP contribution in [0.5, 0.6) is 0 Å². The van der Waals surface area contributed by atoms with Crippen molar-refractivity contribution < 1.29 is 27.8 Å². The lowest BCUT2D eigenvalue weighted by Crippen LogP contribution is -2.01. The summed E-state index contributed by atoms with van der Waals surface area (Å²) in [6.07, 6.45) is 0. The highest BCUT2D eigenvalue weighted by molar-refractivity contribution is 5.33. The van der Waals surface area contributed by atoms with Crippen molar-refractivity contribution in [3.8, 4) is 0 Å². The van der Waals surface area contributed by atoms with Crippen molar-refractivity contribution in [3.05, 3.63) is 142 Å². The van der Waals surface area contributed by atoms with Crippen molar-refractivity contribution in [1.82, 2.24) is 0 Å². The van der Waals surface area contributed by atoms with Crippen LogP contribution in [0.4, 0.5) is 26.3 Å². The molecule has 0 aliphatic heterocycles. The summed E-state index contributed by atoms with van der Waals surface area (Å²) >= 11 is 0. The summed E-state index contributed by atoms with van der Waals surface area (Å²) in [5.41, 5.74) is 0.965. The van der Waals surface area contributed by atoms with Gasteiger partial charge in [-0.3, -0.25) is 0 Å². The van der Waals surface area contributed by atoms with E-state index in [1.54, 1.807) is 0 Å². The molecule has 4 aromatic carbocycles. The predicted molar refractivity (Wildman–Crippen MR) is 149 cm³/mol. The second-order valence-electron chi connectivity index (χ2n) is 7.21. The van der Waals surface area contributed by atoms with Gasteiger partial charge in [0, 0.05) is 36.3 Å². The Labute approximate surface area is 225 Å². The average molecular weight is 539 g/mol. The van der Waals surface area contributed by atoms with Gasteiger partial charge >= 0.3 is 0 Å². The molecule has 0 amide bonds. The molecule has 0 heterocycles. The first kappa shape index (κ1) is 36.6. The standard InChI is InChI=1S/C9H9F3.C7H8.C6H3F3.C6H6.2C2H6.H2/c1-4-7(10)5(2)9(12)6(3)8(4)11;1-7-5-3-2-4-6-7;7-4-1-5(8)3-6(9)2-4;1-2-4-6-5-3-1;2*1-2;/h1-3H3;2-6H,1H3;1-3H;1-6H;2*1-2H3;1H.